The van der Waals surface area contributed by atoms with E-state index in [4.69, 9.17) is 5.73 Å². The number of aryl methyl sites for hydroxylation is 2. The molecule has 0 radical (unpaired) electrons. The Morgan fingerprint density at radius 2 is 2.24 bits per heavy atom. The maximum Gasteiger partial charge on any atom is 0.240 e. The second kappa shape index (κ2) is 4.70. The summed E-state index contributed by atoms with van der Waals surface area (Å²) in [7, 11) is 0. The fraction of sp³-hybridized carbons (Fsp3) is 0.462. The van der Waals surface area contributed by atoms with E-state index in [1.54, 1.807) is 0 Å². The highest BCUT2D eigenvalue weighted by Crippen LogP contribution is 2.41. The van der Waals surface area contributed by atoms with Gasteiger partial charge in [0.15, 0.2) is 0 Å². The molecule has 0 aliphatic carbocycles. The third-order valence-corrected chi connectivity index (χ3v) is 4.04. The molecule has 92 valence electrons. The van der Waals surface area contributed by atoms with E-state index in [2.05, 4.69) is 32.9 Å². The van der Waals surface area contributed by atoms with Crippen LogP contribution < -0.4 is 10.6 Å². The molecule has 1 aliphatic heterocycles. The Balaban J connectivity index is 2.52. The predicted octanol–water partition coefficient (Wildman–Crippen LogP) is 2.09. The van der Waals surface area contributed by atoms with E-state index in [0.717, 1.165) is 17.8 Å². The fourth-order valence-corrected chi connectivity index (χ4v) is 3.59. The zero-order valence-corrected chi connectivity index (χ0v) is 11.3. The fourth-order valence-electron chi connectivity index (χ4n) is 2.30. The number of carbonyl (C=O) groups excluding carboxylic acids is 1. The average molecular weight is 250 g/mol. The molecule has 0 fully saturated rings. The molecule has 1 atom stereocenters. The molecule has 1 aliphatic rings. The molecule has 1 heterocycles. The molecule has 2 N–H and O–H groups in total. The second-order valence-electron chi connectivity index (χ2n) is 4.57. The lowest BCUT2D eigenvalue weighted by Crippen LogP contribution is -2.42. The van der Waals surface area contributed by atoms with Gasteiger partial charge >= 0.3 is 0 Å². The number of rotatable bonds is 1. The monoisotopic (exact) mass is 250 g/mol. The van der Waals surface area contributed by atoms with Gasteiger partial charge in [0.05, 0.1) is 12.2 Å². The molecular formula is C13H18N2OS. The summed E-state index contributed by atoms with van der Waals surface area (Å²) in [5.41, 5.74) is 8.93. The van der Waals surface area contributed by atoms with Gasteiger partial charge in [-0.2, -0.15) is 0 Å². The van der Waals surface area contributed by atoms with E-state index in [0.29, 0.717) is 5.25 Å². The normalized spacial score (nSPS) is 19.1. The average Bonchev–Trinajstić information content (AvgIpc) is 2.25. The van der Waals surface area contributed by atoms with Crippen molar-refractivity contribution >= 4 is 23.4 Å². The molecule has 1 amide bonds. The first-order valence-electron chi connectivity index (χ1n) is 5.81. The number of thioether (sulfide) groups is 1. The Kier molecular flexibility index (Phi) is 3.45. The summed E-state index contributed by atoms with van der Waals surface area (Å²) in [6.07, 6.45) is 0. The first kappa shape index (κ1) is 12.5. The van der Waals surface area contributed by atoms with Crippen LogP contribution in [0.4, 0.5) is 5.69 Å². The summed E-state index contributed by atoms with van der Waals surface area (Å²) >= 11 is 1.84. The van der Waals surface area contributed by atoms with Gasteiger partial charge in [-0.3, -0.25) is 4.79 Å². The molecule has 0 spiro atoms. The van der Waals surface area contributed by atoms with Crippen LogP contribution in [0.25, 0.3) is 0 Å². The van der Waals surface area contributed by atoms with E-state index < -0.39 is 0 Å². The number of carbonyl (C=O) groups is 1. The van der Waals surface area contributed by atoms with Crippen molar-refractivity contribution in [3.63, 3.8) is 0 Å². The van der Waals surface area contributed by atoms with Crippen molar-refractivity contribution in [3.05, 3.63) is 23.3 Å². The summed E-state index contributed by atoms with van der Waals surface area (Å²) in [4.78, 5) is 14.9. The van der Waals surface area contributed by atoms with Crippen LogP contribution >= 0.6 is 11.8 Å². The highest BCUT2D eigenvalue weighted by Gasteiger charge is 2.27. The van der Waals surface area contributed by atoms with Gasteiger partial charge in [0.25, 0.3) is 0 Å². The van der Waals surface area contributed by atoms with Crippen molar-refractivity contribution in [2.45, 2.75) is 30.9 Å². The highest BCUT2D eigenvalue weighted by atomic mass is 32.2. The lowest BCUT2D eigenvalue weighted by molar-refractivity contribution is -0.117. The third kappa shape index (κ3) is 2.33. The van der Waals surface area contributed by atoms with Crippen LogP contribution in [-0.4, -0.2) is 24.2 Å². The molecule has 17 heavy (non-hydrogen) atoms. The first-order valence-corrected chi connectivity index (χ1v) is 6.69. The quantitative estimate of drug-likeness (QED) is 0.830. The Morgan fingerprint density at radius 1 is 1.53 bits per heavy atom. The number of nitrogens with zero attached hydrogens (tertiary/aromatic N) is 1. The zero-order valence-electron chi connectivity index (χ0n) is 10.5. The molecule has 3 nitrogen and oxygen atoms in total. The van der Waals surface area contributed by atoms with E-state index >= 15 is 0 Å². The minimum Gasteiger partial charge on any atom is -0.322 e. The summed E-state index contributed by atoms with van der Waals surface area (Å²) < 4.78 is 0. The van der Waals surface area contributed by atoms with E-state index in [1.165, 1.54) is 10.5 Å². The van der Waals surface area contributed by atoms with Crippen LogP contribution in [0.2, 0.25) is 0 Å². The van der Waals surface area contributed by atoms with E-state index in [-0.39, 0.29) is 12.5 Å². The molecule has 1 aromatic rings. The standard InChI is InChI=1S/C13H18N2OS/c1-8-4-9(2)13-11(5-8)17-10(3)7-15(13)12(16)6-14/h4-5,10H,6-7,14H2,1-3H3. The molecule has 2 rings (SSSR count). The molecule has 1 aromatic carbocycles. The number of hydrogen-bond donors (Lipinski definition) is 1. The summed E-state index contributed by atoms with van der Waals surface area (Å²) in [6.45, 7) is 7.10. The maximum atomic E-state index is 11.9. The van der Waals surface area contributed by atoms with Crippen LogP contribution in [0.3, 0.4) is 0 Å². The highest BCUT2D eigenvalue weighted by molar-refractivity contribution is 8.00. The smallest absolute Gasteiger partial charge is 0.240 e. The molecule has 0 saturated heterocycles. The largest absolute Gasteiger partial charge is 0.322 e. The molecule has 0 bridgehead atoms. The van der Waals surface area contributed by atoms with Gasteiger partial charge in [-0.15, -0.1) is 11.8 Å². The minimum atomic E-state index is 0.00496. The lowest BCUT2D eigenvalue weighted by atomic mass is 10.1. The van der Waals surface area contributed by atoms with Gasteiger partial charge < -0.3 is 10.6 Å². The third-order valence-electron chi connectivity index (χ3n) is 2.92. The number of benzene rings is 1. The van der Waals surface area contributed by atoms with Crippen LogP contribution in [0.15, 0.2) is 17.0 Å². The molecular weight excluding hydrogens is 232 g/mol. The topological polar surface area (TPSA) is 46.3 Å². The van der Waals surface area contributed by atoms with E-state index in [1.807, 2.05) is 16.7 Å². The minimum absolute atomic E-state index is 0.00496. The van der Waals surface area contributed by atoms with Crippen molar-refractivity contribution in [3.8, 4) is 0 Å². The number of hydrogen-bond acceptors (Lipinski definition) is 3. The van der Waals surface area contributed by atoms with Crippen molar-refractivity contribution in [1.29, 1.82) is 0 Å². The lowest BCUT2D eigenvalue weighted by Gasteiger charge is -2.34. The van der Waals surface area contributed by atoms with Crippen LogP contribution in [0, 0.1) is 13.8 Å². The Hall–Kier alpha value is -1.00. The predicted molar refractivity (Wildman–Crippen MR) is 72.6 cm³/mol. The number of fused-ring (bicyclic) bond motifs is 1. The van der Waals surface area contributed by atoms with Crippen molar-refractivity contribution < 1.29 is 4.79 Å². The van der Waals surface area contributed by atoms with E-state index in [9.17, 15) is 4.79 Å². The molecule has 4 heteroatoms. The van der Waals surface area contributed by atoms with Gasteiger partial charge in [0.1, 0.15) is 0 Å². The Bertz CT molecular complexity index is 459. The van der Waals surface area contributed by atoms with Crippen LogP contribution in [0.5, 0.6) is 0 Å². The molecule has 1 unspecified atom stereocenters. The van der Waals surface area contributed by atoms with Gasteiger partial charge in [-0.05, 0) is 31.0 Å². The van der Waals surface area contributed by atoms with Gasteiger partial charge in [0, 0.05) is 16.7 Å². The maximum absolute atomic E-state index is 11.9. The summed E-state index contributed by atoms with van der Waals surface area (Å²) in [6, 6.07) is 4.27. The zero-order chi connectivity index (χ0) is 12.6. The van der Waals surface area contributed by atoms with Crippen LogP contribution in [0.1, 0.15) is 18.1 Å². The van der Waals surface area contributed by atoms with Crippen molar-refractivity contribution in [1.82, 2.24) is 0 Å². The molecule has 0 aromatic heterocycles. The summed E-state index contributed by atoms with van der Waals surface area (Å²) in [5.74, 6) is 0.00496. The Labute approximate surface area is 106 Å². The number of anilines is 1. The number of nitrogens with two attached hydrogens (primary N) is 1. The van der Waals surface area contributed by atoms with Gasteiger partial charge in [0.2, 0.25) is 5.91 Å². The SMILES string of the molecule is Cc1cc(C)c2c(c1)SC(C)CN2C(=O)CN. The first-order chi connectivity index (χ1) is 8.02. The van der Waals surface area contributed by atoms with Gasteiger partial charge in [-0.25, -0.2) is 0 Å². The second-order valence-corrected chi connectivity index (χ2v) is 6.05. The van der Waals surface area contributed by atoms with Gasteiger partial charge in [-0.1, -0.05) is 13.0 Å². The molecule has 0 saturated carbocycles. The van der Waals surface area contributed by atoms with Crippen molar-refractivity contribution in [2.24, 2.45) is 5.73 Å². The summed E-state index contributed by atoms with van der Waals surface area (Å²) in [5, 5.41) is 0.416. The number of amides is 1. The Morgan fingerprint density at radius 3 is 2.88 bits per heavy atom. The van der Waals surface area contributed by atoms with Crippen LogP contribution in [-0.2, 0) is 4.79 Å². The van der Waals surface area contributed by atoms with Crippen molar-refractivity contribution in [2.75, 3.05) is 18.0 Å².